The molecule has 1 fully saturated rings. The number of anilines is 2. The molecule has 1 saturated heterocycles. The van der Waals surface area contributed by atoms with Crippen LogP contribution in [0.25, 0.3) is 0 Å². The number of nitrogens with zero attached hydrogens (tertiary/aromatic N) is 6. The number of phenols is 2. The number of rotatable bonds is 8. The Hall–Kier alpha value is -3.97. The van der Waals surface area contributed by atoms with Crippen molar-refractivity contribution in [1.29, 1.82) is 5.26 Å². The minimum Gasteiger partial charge on any atom is -0.508 e. The Balaban J connectivity index is 1.68. The van der Waals surface area contributed by atoms with Crippen LogP contribution in [0.4, 0.5) is 11.4 Å². The van der Waals surface area contributed by atoms with Crippen LogP contribution < -0.4 is 14.5 Å². The Bertz CT molecular complexity index is 1200. The first-order valence-corrected chi connectivity index (χ1v) is 12.5. The zero-order valence-corrected chi connectivity index (χ0v) is 21.5. The molecule has 2 aromatic rings. The highest BCUT2D eigenvalue weighted by Crippen LogP contribution is 2.39. The molecular weight excluding hydrogens is 472 g/mol. The fourth-order valence-electron chi connectivity index (χ4n) is 4.89. The van der Waals surface area contributed by atoms with E-state index >= 15 is 0 Å². The summed E-state index contributed by atoms with van der Waals surface area (Å²) in [5.74, 6) is 0.368. The monoisotopic (exact) mass is 506 g/mol. The zero-order chi connectivity index (χ0) is 26.5. The summed E-state index contributed by atoms with van der Waals surface area (Å²) in [7, 11) is 4.00. The molecule has 2 aliphatic rings. The van der Waals surface area contributed by atoms with Gasteiger partial charge in [-0.1, -0.05) is 6.58 Å². The molecule has 10 nitrogen and oxygen atoms in total. The van der Waals surface area contributed by atoms with Gasteiger partial charge in [-0.05, 0) is 45.1 Å². The van der Waals surface area contributed by atoms with Gasteiger partial charge in [0, 0.05) is 50.9 Å². The second-order valence-electron chi connectivity index (χ2n) is 9.54. The first-order chi connectivity index (χ1) is 17.8. The van der Waals surface area contributed by atoms with Crippen molar-refractivity contribution in [2.24, 2.45) is 0 Å². The number of fused-ring (bicyclic) bond motifs is 1. The molecule has 0 unspecified atom stereocenters. The third kappa shape index (κ3) is 5.73. The van der Waals surface area contributed by atoms with Crippen molar-refractivity contribution in [3.8, 4) is 23.4 Å². The maximum atomic E-state index is 12.1. The fourth-order valence-corrected chi connectivity index (χ4v) is 4.89. The van der Waals surface area contributed by atoms with Crippen LogP contribution in [0.5, 0.6) is 17.4 Å². The van der Waals surface area contributed by atoms with Gasteiger partial charge in [0.15, 0.2) is 0 Å². The maximum absolute atomic E-state index is 12.1. The van der Waals surface area contributed by atoms with Crippen LogP contribution in [-0.2, 0) is 17.8 Å². The summed E-state index contributed by atoms with van der Waals surface area (Å²) in [5, 5.41) is 30.6. The summed E-state index contributed by atoms with van der Waals surface area (Å²) in [6.07, 6.45) is 2.72. The number of phenolic OH excluding ortho intramolecular Hbond substituents is 2. The lowest BCUT2D eigenvalue weighted by Crippen LogP contribution is -2.49. The predicted octanol–water partition coefficient (Wildman–Crippen LogP) is 2.09. The first kappa shape index (κ1) is 26.1. The quantitative estimate of drug-likeness (QED) is 0.315. The van der Waals surface area contributed by atoms with Crippen LogP contribution in [0.2, 0.25) is 0 Å². The second kappa shape index (κ2) is 11.4. The number of carbonyl (C=O) groups is 1. The van der Waals surface area contributed by atoms with Gasteiger partial charge < -0.3 is 34.5 Å². The average molecular weight is 507 g/mol. The van der Waals surface area contributed by atoms with Gasteiger partial charge in [-0.2, -0.15) is 5.26 Å². The molecule has 1 amide bonds. The fraction of sp³-hybridized carbons (Fsp3) is 0.444. The van der Waals surface area contributed by atoms with Crippen LogP contribution in [0.15, 0.2) is 30.9 Å². The highest BCUT2D eigenvalue weighted by Gasteiger charge is 2.31. The van der Waals surface area contributed by atoms with Crippen LogP contribution in [0.1, 0.15) is 23.2 Å². The molecule has 2 N–H and O–H groups in total. The Morgan fingerprint density at radius 2 is 1.97 bits per heavy atom. The molecule has 37 heavy (non-hydrogen) atoms. The molecule has 0 spiro atoms. The van der Waals surface area contributed by atoms with E-state index in [4.69, 9.17) is 9.72 Å². The minimum atomic E-state index is -0.0941. The van der Waals surface area contributed by atoms with Crippen LogP contribution in [0, 0.1) is 11.3 Å². The van der Waals surface area contributed by atoms with E-state index in [1.165, 1.54) is 18.2 Å². The number of benzene rings is 1. The van der Waals surface area contributed by atoms with E-state index in [1.54, 1.807) is 11.0 Å². The third-order valence-electron chi connectivity index (χ3n) is 6.78. The van der Waals surface area contributed by atoms with Crippen molar-refractivity contribution >= 4 is 17.3 Å². The van der Waals surface area contributed by atoms with Crippen molar-refractivity contribution in [3.05, 3.63) is 47.7 Å². The van der Waals surface area contributed by atoms with E-state index in [2.05, 4.69) is 22.4 Å². The number of carbonyl (C=O) groups excluding carboxylic acids is 1. The number of aromatic hydroxyl groups is 2. The zero-order valence-electron chi connectivity index (χ0n) is 21.5. The molecule has 0 saturated carbocycles. The largest absolute Gasteiger partial charge is 0.508 e. The highest BCUT2D eigenvalue weighted by atomic mass is 16.5. The third-order valence-corrected chi connectivity index (χ3v) is 6.78. The Morgan fingerprint density at radius 1 is 1.22 bits per heavy atom. The minimum absolute atomic E-state index is 0.0731. The van der Waals surface area contributed by atoms with Crippen molar-refractivity contribution in [3.63, 3.8) is 0 Å². The molecule has 0 radical (unpaired) electrons. The van der Waals surface area contributed by atoms with E-state index in [0.717, 1.165) is 29.9 Å². The van der Waals surface area contributed by atoms with Crippen molar-refractivity contribution < 1.29 is 19.7 Å². The smallest absolute Gasteiger partial charge is 0.246 e. The van der Waals surface area contributed by atoms with Gasteiger partial charge >= 0.3 is 0 Å². The number of piperazine rings is 1. The molecule has 3 heterocycles. The summed E-state index contributed by atoms with van der Waals surface area (Å²) < 4.78 is 6.06. The van der Waals surface area contributed by atoms with E-state index in [9.17, 15) is 20.3 Å². The van der Waals surface area contributed by atoms with E-state index in [0.29, 0.717) is 69.4 Å². The molecule has 1 aromatic carbocycles. The number of pyridine rings is 1. The van der Waals surface area contributed by atoms with E-state index in [-0.39, 0.29) is 17.4 Å². The van der Waals surface area contributed by atoms with Gasteiger partial charge in [-0.3, -0.25) is 4.79 Å². The molecular formula is C27H34N6O4. The van der Waals surface area contributed by atoms with Gasteiger partial charge in [0.25, 0.3) is 0 Å². The highest BCUT2D eigenvalue weighted by molar-refractivity contribution is 5.87. The average Bonchev–Trinajstić information content (AvgIpc) is 2.90. The van der Waals surface area contributed by atoms with E-state index in [1.807, 2.05) is 19.0 Å². The maximum Gasteiger partial charge on any atom is 0.246 e. The van der Waals surface area contributed by atoms with Gasteiger partial charge in [-0.25, -0.2) is 4.98 Å². The summed E-state index contributed by atoms with van der Waals surface area (Å²) in [6.45, 7) is 8.09. The SMILES string of the molecule is C=CC(=O)N1CCN(c2c(C#N)c(OCCCN(C)C)nc3c2CCN(c2cc(O)ccc2O)C3)CC1. The molecule has 196 valence electrons. The summed E-state index contributed by atoms with van der Waals surface area (Å²) in [5.41, 5.74) is 3.52. The van der Waals surface area contributed by atoms with Crippen molar-refractivity contribution in [1.82, 2.24) is 14.8 Å². The summed E-state index contributed by atoms with van der Waals surface area (Å²) in [4.78, 5) is 24.8. The molecule has 10 heteroatoms. The first-order valence-electron chi connectivity index (χ1n) is 12.5. The lowest BCUT2D eigenvalue weighted by Gasteiger charge is -2.39. The summed E-state index contributed by atoms with van der Waals surface area (Å²) >= 11 is 0. The number of hydrogen-bond donors (Lipinski definition) is 2. The Labute approximate surface area is 217 Å². The number of hydrogen-bond acceptors (Lipinski definition) is 9. The number of nitriles is 1. The van der Waals surface area contributed by atoms with Gasteiger partial charge in [0.2, 0.25) is 11.8 Å². The molecule has 2 aliphatic heterocycles. The molecule has 1 aromatic heterocycles. The van der Waals surface area contributed by atoms with Gasteiger partial charge in [-0.15, -0.1) is 0 Å². The Morgan fingerprint density at radius 3 is 2.65 bits per heavy atom. The lowest BCUT2D eigenvalue weighted by molar-refractivity contribution is -0.126. The Kier molecular flexibility index (Phi) is 8.04. The topological polar surface area (TPSA) is 116 Å². The van der Waals surface area contributed by atoms with Crippen LogP contribution in [0.3, 0.4) is 0 Å². The lowest BCUT2D eigenvalue weighted by atomic mass is 9.97. The van der Waals surface area contributed by atoms with Gasteiger partial charge in [0.1, 0.15) is 23.1 Å². The second-order valence-corrected chi connectivity index (χ2v) is 9.54. The number of aromatic nitrogens is 1. The van der Waals surface area contributed by atoms with Crippen molar-refractivity contribution in [2.45, 2.75) is 19.4 Å². The molecule has 0 aliphatic carbocycles. The van der Waals surface area contributed by atoms with Crippen molar-refractivity contribution in [2.75, 3.05) is 69.8 Å². The predicted molar refractivity (Wildman–Crippen MR) is 141 cm³/mol. The standard InChI is InChI=1S/C27H34N6O4/c1-4-25(36)31-11-13-32(14-12-31)26-20-8-10-33(23-16-19(34)6-7-24(23)35)18-22(20)29-27(21(26)17-28)37-15-5-9-30(2)3/h4,6-7,16,34-35H,1,5,8-15,18H2,2-3H3. The van der Waals surface area contributed by atoms with Crippen LogP contribution in [-0.4, -0.2) is 90.9 Å². The molecule has 4 rings (SSSR count). The molecule has 0 atom stereocenters. The summed E-state index contributed by atoms with van der Waals surface area (Å²) in [6, 6.07) is 6.80. The van der Waals surface area contributed by atoms with Crippen LogP contribution >= 0.6 is 0 Å². The number of amides is 1. The van der Waals surface area contributed by atoms with E-state index < -0.39 is 0 Å². The number of ether oxygens (including phenoxy) is 1. The molecule has 0 bridgehead atoms. The van der Waals surface area contributed by atoms with Gasteiger partial charge in [0.05, 0.1) is 30.2 Å². The normalized spacial score (nSPS) is 15.4.